The van der Waals surface area contributed by atoms with E-state index in [9.17, 15) is 9.59 Å². The average molecular weight is 407 g/mol. The minimum Gasteiger partial charge on any atom is -0.497 e. The molecule has 0 spiro atoms. The number of amides is 2. The lowest BCUT2D eigenvalue weighted by atomic mass is 10.1. The van der Waals surface area contributed by atoms with Gasteiger partial charge in [0.1, 0.15) is 5.75 Å². The van der Waals surface area contributed by atoms with Crippen LogP contribution < -0.4 is 25.3 Å². The highest BCUT2D eigenvalue weighted by Crippen LogP contribution is 2.36. The first-order valence-electron chi connectivity index (χ1n) is 8.64. The van der Waals surface area contributed by atoms with Gasteiger partial charge in [-0.2, -0.15) is 0 Å². The molecule has 8 heteroatoms. The topological polar surface area (TPSA) is 99.9 Å². The van der Waals surface area contributed by atoms with Crippen LogP contribution in [0.25, 0.3) is 0 Å². The van der Waals surface area contributed by atoms with Gasteiger partial charge in [-0.3, -0.25) is 9.59 Å². The summed E-state index contributed by atoms with van der Waals surface area (Å²) < 4.78 is 15.6. The molecule has 0 radical (unpaired) electrons. The van der Waals surface area contributed by atoms with Crippen LogP contribution in [0.3, 0.4) is 0 Å². The van der Waals surface area contributed by atoms with E-state index in [1.807, 2.05) is 24.3 Å². The summed E-state index contributed by atoms with van der Waals surface area (Å²) in [6, 6.07) is 10.8. The molecule has 0 aliphatic carbocycles. The van der Waals surface area contributed by atoms with Gasteiger partial charge in [0, 0.05) is 12.1 Å². The smallest absolute Gasteiger partial charge is 0.255 e. The molecular weight excluding hydrogens is 384 g/mol. The van der Waals surface area contributed by atoms with Gasteiger partial charge in [-0.05, 0) is 42.7 Å². The molecule has 0 heterocycles. The number of benzene rings is 2. The number of carbonyl (C=O) groups excluding carboxylic acids is 2. The van der Waals surface area contributed by atoms with E-state index in [0.717, 1.165) is 24.2 Å². The molecule has 0 bridgehead atoms. The zero-order valence-corrected chi connectivity index (χ0v) is 16.5. The summed E-state index contributed by atoms with van der Waals surface area (Å²) >= 11 is 6.16. The second-order valence-electron chi connectivity index (χ2n) is 5.95. The maximum Gasteiger partial charge on any atom is 0.255 e. The zero-order valence-electron chi connectivity index (χ0n) is 15.8. The third-order valence-electron chi connectivity index (χ3n) is 3.94. The summed E-state index contributed by atoms with van der Waals surface area (Å²) in [6.45, 7) is 0.164. The summed E-state index contributed by atoms with van der Waals surface area (Å²) in [5.41, 5.74) is 6.56. The van der Waals surface area contributed by atoms with E-state index in [4.69, 9.17) is 31.5 Å². The van der Waals surface area contributed by atoms with Crippen molar-refractivity contribution in [2.45, 2.75) is 12.8 Å². The fourth-order valence-electron chi connectivity index (χ4n) is 2.52. The van der Waals surface area contributed by atoms with Crippen LogP contribution in [-0.4, -0.2) is 39.2 Å². The Bertz CT molecular complexity index is 824. The number of hydrogen-bond donors (Lipinski definition) is 2. The van der Waals surface area contributed by atoms with Crippen molar-refractivity contribution >= 4 is 23.4 Å². The van der Waals surface area contributed by atoms with Crippen LogP contribution in [0.2, 0.25) is 5.02 Å². The van der Waals surface area contributed by atoms with Crippen molar-refractivity contribution in [1.29, 1.82) is 0 Å². The van der Waals surface area contributed by atoms with Crippen molar-refractivity contribution in [3.63, 3.8) is 0 Å². The number of halogens is 1. The van der Waals surface area contributed by atoms with E-state index in [2.05, 4.69) is 5.32 Å². The van der Waals surface area contributed by atoms with Crippen molar-refractivity contribution in [3.05, 3.63) is 52.5 Å². The molecule has 2 aromatic carbocycles. The number of nitrogens with two attached hydrogens (primary N) is 1. The molecule has 0 saturated carbocycles. The van der Waals surface area contributed by atoms with Gasteiger partial charge in [-0.15, -0.1) is 0 Å². The molecule has 150 valence electrons. The molecule has 2 aromatic rings. The van der Waals surface area contributed by atoms with Crippen LogP contribution in [0.4, 0.5) is 0 Å². The number of nitrogens with one attached hydrogen (secondary N) is 1. The fourth-order valence-corrected chi connectivity index (χ4v) is 2.79. The quantitative estimate of drug-likeness (QED) is 0.591. The first-order valence-corrected chi connectivity index (χ1v) is 9.02. The number of carbonyl (C=O) groups is 2. The van der Waals surface area contributed by atoms with Gasteiger partial charge < -0.3 is 25.3 Å². The third-order valence-corrected chi connectivity index (χ3v) is 4.22. The van der Waals surface area contributed by atoms with E-state index in [1.165, 1.54) is 19.2 Å². The summed E-state index contributed by atoms with van der Waals surface area (Å²) in [7, 11) is 3.04. The normalized spacial score (nSPS) is 10.2. The van der Waals surface area contributed by atoms with E-state index in [0.29, 0.717) is 12.1 Å². The fraction of sp³-hybridized carbons (Fsp3) is 0.300. The SMILES string of the molecule is COc1ccc(CCCNC(=O)c2cc(Cl)c(OCC(N)=O)c(OC)c2)cc1. The lowest BCUT2D eigenvalue weighted by Gasteiger charge is -2.13. The highest BCUT2D eigenvalue weighted by Gasteiger charge is 2.16. The molecule has 28 heavy (non-hydrogen) atoms. The van der Waals surface area contributed by atoms with Crippen LogP contribution in [-0.2, 0) is 11.2 Å². The Kier molecular flexibility index (Phi) is 7.95. The van der Waals surface area contributed by atoms with E-state index < -0.39 is 5.91 Å². The second-order valence-corrected chi connectivity index (χ2v) is 6.36. The molecule has 0 saturated heterocycles. The molecule has 0 aromatic heterocycles. The summed E-state index contributed by atoms with van der Waals surface area (Å²) in [4.78, 5) is 23.3. The van der Waals surface area contributed by atoms with Crippen molar-refractivity contribution in [2.75, 3.05) is 27.4 Å². The Morgan fingerprint density at radius 3 is 2.43 bits per heavy atom. The van der Waals surface area contributed by atoms with Gasteiger partial charge >= 0.3 is 0 Å². The minimum atomic E-state index is -0.642. The Labute approximate surface area is 168 Å². The maximum absolute atomic E-state index is 12.4. The molecule has 0 fully saturated rings. The van der Waals surface area contributed by atoms with Gasteiger partial charge in [-0.1, -0.05) is 23.7 Å². The van der Waals surface area contributed by atoms with Crippen molar-refractivity contribution in [1.82, 2.24) is 5.32 Å². The highest BCUT2D eigenvalue weighted by molar-refractivity contribution is 6.32. The first kappa shape index (κ1) is 21.4. The zero-order chi connectivity index (χ0) is 20.5. The van der Waals surface area contributed by atoms with E-state index >= 15 is 0 Å². The van der Waals surface area contributed by atoms with Crippen molar-refractivity contribution < 1.29 is 23.8 Å². The van der Waals surface area contributed by atoms with E-state index in [1.54, 1.807) is 7.11 Å². The van der Waals surface area contributed by atoms with Crippen LogP contribution in [0.1, 0.15) is 22.3 Å². The molecule has 0 atom stereocenters. The van der Waals surface area contributed by atoms with Crippen LogP contribution in [0, 0.1) is 0 Å². The molecular formula is C20H23ClN2O5. The standard InChI is InChI=1S/C20H23ClN2O5/c1-26-15-7-5-13(6-8-15)4-3-9-23-20(25)14-10-16(21)19(17(11-14)27-2)28-12-18(22)24/h5-8,10-11H,3-4,9,12H2,1-2H3,(H2,22,24)(H,23,25). The number of rotatable bonds is 10. The first-order chi connectivity index (χ1) is 13.4. The van der Waals surface area contributed by atoms with E-state index in [-0.39, 0.29) is 29.0 Å². The maximum atomic E-state index is 12.4. The molecule has 2 rings (SSSR count). The van der Waals surface area contributed by atoms with Gasteiger partial charge in [0.2, 0.25) is 0 Å². The van der Waals surface area contributed by atoms with Crippen molar-refractivity contribution in [3.8, 4) is 17.2 Å². The predicted molar refractivity (Wildman–Crippen MR) is 106 cm³/mol. The number of ether oxygens (including phenoxy) is 3. The molecule has 3 N–H and O–H groups in total. The molecule has 2 amide bonds. The largest absolute Gasteiger partial charge is 0.497 e. The summed E-state index contributed by atoms with van der Waals surface area (Å²) in [6.07, 6.45) is 1.61. The van der Waals surface area contributed by atoms with Gasteiger partial charge in [0.15, 0.2) is 18.1 Å². The van der Waals surface area contributed by atoms with Crippen LogP contribution in [0.5, 0.6) is 17.2 Å². The van der Waals surface area contributed by atoms with Gasteiger partial charge in [-0.25, -0.2) is 0 Å². The number of methoxy groups -OCH3 is 2. The Morgan fingerprint density at radius 2 is 1.82 bits per heavy atom. The van der Waals surface area contributed by atoms with Gasteiger partial charge in [0.05, 0.1) is 19.2 Å². The van der Waals surface area contributed by atoms with Crippen molar-refractivity contribution in [2.24, 2.45) is 5.73 Å². The minimum absolute atomic E-state index is 0.156. The number of hydrogen-bond acceptors (Lipinski definition) is 5. The molecule has 0 aliphatic heterocycles. The average Bonchev–Trinajstić information content (AvgIpc) is 2.69. The summed E-state index contributed by atoms with van der Waals surface area (Å²) in [5, 5.41) is 3.00. The molecule has 0 unspecified atom stereocenters. The molecule has 0 aliphatic rings. The number of aryl methyl sites for hydroxylation is 1. The Hall–Kier alpha value is -2.93. The van der Waals surface area contributed by atoms with Gasteiger partial charge in [0.25, 0.3) is 11.8 Å². The molecule has 7 nitrogen and oxygen atoms in total. The number of primary amides is 1. The highest BCUT2D eigenvalue weighted by atomic mass is 35.5. The Morgan fingerprint density at radius 1 is 1.11 bits per heavy atom. The Balaban J connectivity index is 1.92. The van der Waals surface area contributed by atoms with Crippen LogP contribution >= 0.6 is 11.6 Å². The third kappa shape index (κ3) is 6.06. The predicted octanol–water partition coefficient (Wildman–Crippen LogP) is 2.58. The van der Waals surface area contributed by atoms with Crippen LogP contribution in [0.15, 0.2) is 36.4 Å². The lowest BCUT2D eigenvalue weighted by molar-refractivity contribution is -0.119. The monoisotopic (exact) mass is 406 g/mol. The lowest BCUT2D eigenvalue weighted by Crippen LogP contribution is -2.25. The second kappa shape index (κ2) is 10.4. The summed E-state index contributed by atoms with van der Waals surface area (Å²) in [5.74, 6) is 0.301.